The van der Waals surface area contributed by atoms with E-state index < -0.39 is 0 Å². The Morgan fingerprint density at radius 1 is 0.889 bits per heavy atom. The second-order valence-corrected chi connectivity index (χ2v) is 4.09. The van der Waals surface area contributed by atoms with Crippen LogP contribution in [0.1, 0.15) is 27.8 Å². The summed E-state index contributed by atoms with van der Waals surface area (Å²) in [7, 11) is 0. The first-order valence-corrected chi connectivity index (χ1v) is 5.42. The minimum Gasteiger partial charge on any atom is -1.00 e. The van der Waals surface area contributed by atoms with E-state index in [1.54, 1.807) is 0 Å². The van der Waals surface area contributed by atoms with Crippen LogP contribution in [0.2, 0.25) is 0 Å². The van der Waals surface area contributed by atoms with Crippen molar-refractivity contribution in [2.75, 3.05) is 0 Å². The van der Waals surface area contributed by atoms with Gasteiger partial charge in [-0.1, -0.05) is 34.6 Å². The van der Waals surface area contributed by atoms with Crippen LogP contribution in [0.25, 0.3) is 0 Å². The third kappa shape index (κ3) is 5.68. The Hall–Kier alpha value is -0.127. The van der Waals surface area contributed by atoms with Crippen molar-refractivity contribution >= 4 is 0 Å². The van der Waals surface area contributed by atoms with Crippen molar-refractivity contribution in [2.45, 2.75) is 34.6 Å². The van der Waals surface area contributed by atoms with Crippen molar-refractivity contribution in [3.8, 4) is 0 Å². The molecule has 0 aromatic heterocycles. The van der Waals surface area contributed by atoms with Gasteiger partial charge in [-0.2, -0.15) is 46.0 Å². The normalized spacial score (nSPS) is 8.06. The van der Waals surface area contributed by atoms with Gasteiger partial charge in [-0.15, -0.1) is 0 Å². The summed E-state index contributed by atoms with van der Waals surface area (Å²) in [5, 5.41) is 0. The second-order valence-electron chi connectivity index (χ2n) is 4.09. The molecule has 0 heterocycles. The number of halogens is 1. The fraction of sp³-hybridized carbons (Fsp3) is 0.312. The smallest absolute Gasteiger partial charge is 1.00 e. The van der Waals surface area contributed by atoms with E-state index in [0.717, 1.165) is 0 Å². The molecule has 0 atom stereocenters. The summed E-state index contributed by atoms with van der Waals surface area (Å²) in [5.41, 5.74) is 7.34. The fourth-order valence-corrected chi connectivity index (χ4v) is 1.73. The van der Waals surface area contributed by atoms with E-state index >= 15 is 0 Å². The molecule has 2 aromatic rings. The van der Waals surface area contributed by atoms with Gasteiger partial charge in [0.2, 0.25) is 0 Å². The Morgan fingerprint density at radius 2 is 1.22 bits per heavy atom. The summed E-state index contributed by atoms with van der Waals surface area (Å²) < 4.78 is 0. The van der Waals surface area contributed by atoms with Crippen LogP contribution < -0.4 is 12.4 Å². The maximum Gasteiger partial charge on any atom is 4.00 e. The molecule has 0 saturated carbocycles. The van der Waals surface area contributed by atoms with Gasteiger partial charge in [-0.3, -0.25) is 0 Å². The fourth-order valence-electron chi connectivity index (χ4n) is 1.73. The van der Waals surface area contributed by atoms with Crippen molar-refractivity contribution in [3.05, 3.63) is 65.6 Å². The molecule has 0 aliphatic rings. The summed E-state index contributed by atoms with van der Waals surface area (Å²) in [5.74, 6) is 0. The third-order valence-corrected chi connectivity index (χ3v) is 3.37. The second kappa shape index (κ2) is 10.8. The molecular formula is C16H23ClZr. The first-order chi connectivity index (χ1) is 7.05. The molecule has 0 saturated heterocycles. The Labute approximate surface area is 138 Å². The van der Waals surface area contributed by atoms with Gasteiger partial charge in [0.1, 0.15) is 0 Å². The predicted molar refractivity (Wildman–Crippen MR) is 74.2 cm³/mol. The maximum absolute atomic E-state index is 2.20. The van der Waals surface area contributed by atoms with Gasteiger partial charge in [-0.25, -0.2) is 12.1 Å². The van der Waals surface area contributed by atoms with Crippen LogP contribution in [0.4, 0.5) is 0 Å². The quantitative estimate of drug-likeness (QED) is 0.641. The molecule has 0 spiro atoms. The van der Waals surface area contributed by atoms with E-state index in [1.165, 1.54) is 27.8 Å². The van der Waals surface area contributed by atoms with Gasteiger partial charge in [0.25, 0.3) is 0 Å². The molecule has 0 unspecified atom stereocenters. The number of rotatable bonds is 0. The van der Waals surface area contributed by atoms with Gasteiger partial charge in [0, 0.05) is 0 Å². The average molecular weight is 342 g/mol. The van der Waals surface area contributed by atoms with Crippen LogP contribution in [0, 0.1) is 42.0 Å². The van der Waals surface area contributed by atoms with Gasteiger partial charge >= 0.3 is 26.2 Å². The van der Waals surface area contributed by atoms with E-state index in [2.05, 4.69) is 34.6 Å². The molecule has 98 valence electrons. The average Bonchev–Trinajstić information content (AvgIpc) is 2.86. The van der Waals surface area contributed by atoms with E-state index in [9.17, 15) is 0 Å². The van der Waals surface area contributed by atoms with E-state index in [4.69, 9.17) is 0 Å². The minimum atomic E-state index is 0. The molecule has 2 aromatic carbocycles. The maximum atomic E-state index is 2.20. The predicted octanol–water partition coefficient (Wildman–Crippen LogP) is 1.80. The summed E-state index contributed by atoms with van der Waals surface area (Å²) in [6, 6.07) is 10.0. The Morgan fingerprint density at radius 3 is 1.33 bits per heavy atom. The molecular weight excluding hydrogens is 319 g/mol. The van der Waals surface area contributed by atoms with Crippen molar-refractivity contribution in [3.63, 3.8) is 0 Å². The van der Waals surface area contributed by atoms with Crippen LogP contribution >= 0.6 is 0 Å². The van der Waals surface area contributed by atoms with Crippen LogP contribution in [0.15, 0.2) is 30.3 Å². The number of hydrogen-bond acceptors (Lipinski definition) is 0. The van der Waals surface area contributed by atoms with Crippen molar-refractivity contribution in [2.24, 2.45) is 0 Å². The monoisotopic (exact) mass is 340 g/mol. The molecule has 0 fully saturated rings. The molecule has 0 bridgehead atoms. The zero-order valence-corrected chi connectivity index (χ0v) is 15.5. The molecule has 0 N–H and O–H groups in total. The molecule has 0 nitrogen and oxygen atoms in total. The minimum absolute atomic E-state index is 0. The summed E-state index contributed by atoms with van der Waals surface area (Å²) in [6.07, 6.45) is 0. The third-order valence-electron chi connectivity index (χ3n) is 3.37. The number of hydrogen-bond donors (Lipinski definition) is 0. The van der Waals surface area contributed by atoms with E-state index in [1.807, 2.05) is 30.3 Å². The zero-order valence-electron chi connectivity index (χ0n) is 12.3. The zero-order chi connectivity index (χ0) is 11.4. The standard InChI is InChI=1S/C10H15.C5H5.CH3.ClH.Zr/c1-6-7(2)9(4)10(5)8(6)3;1-2-4-5-3-1;;;/h1-5H3;1-5H;1H3;1H;/q3*-1;;+4/p-1. The van der Waals surface area contributed by atoms with E-state index in [-0.39, 0.29) is 46.0 Å². The van der Waals surface area contributed by atoms with Gasteiger partial charge in [0.05, 0.1) is 0 Å². The van der Waals surface area contributed by atoms with Crippen LogP contribution in [0.3, 0.4) is 0 Å². The Bertz CT molecular complexity index is 313. The molecule has 0 radical (unpaired) electrons. The Kier molecular flexibility index (Phi) is 13.8. The van der Waals surface area contributed by atoms with Gasteiger partial charge in [-0.05, 0) is 0 Å². The summed E-state index contributed by atoms with van der Waals surface area (Å²) >= 11 is 0. The molecule has 2 rings (SSSR count). The van der Waals surface area contributed by atoms with Crippen LogP contribution in [-0.4, -0.2) is 0 Å². The van der Waals surface area contributed by atoms with Crippen LogP contribution in [0.5, 0.6) is 0 Å². The molecule has 0 aliphatic carbocycles. The molecule has 0 amide bonds. The van der Waals surface area contributed by atoms with E-state index in [0.29, 0.717) is 0 Å². The largest absolute Gasteiger partial charge is 4.00 e. The SMILES string of the molecule is Cc1c(C)c(C)[c-](C)c1C.[CH3-].[Cl-].[Zr+4].c1cc[cH-]c1. The first kappa shape index (κ1) is 23.0. The molecule has 2 heteroatoms. The summed E-state index contributed by atoms with van der Waals surface area (Å²) in [4.78, 5) is 0. The first-order valence-electron chi connectivity index (χ1n) is 5.42. The van der Waals surface area contributed by atoms with Gasteiger partial charge < -0.3 is 19.8 Å². The Balaban J connectivity index is -0.000000245. The van der Waals surface area contributed by atoms with Gasteiger partial charge in [0.15, 0.2) is 0 Å². The summed E-state index contributed by atoms with van der Waals surface area (Å²) in [6.45, 7) is 11.0. The molecule has 18 heavy (non-hydrogen) atoms. The van der Waals surface area contributed by atoms with Crippen molar-refractivity contribution in [1.82, 2.24) is 0 Å². The molecule has 0 aliphatic heterocycles. The van der Waals surface area contributed by atoms with Crippen LogP contribution in [-0.2, 0) is 26.2 Å². The van der Waals surface area contributed by atoms with Crippen molar-refractivity contribution in [1.29, 1.82) is 0 Å². The topological polar surface area (TPSA) is 0 Å². The van der Waals surface area contributed by atoms with Crippen molar-refractivity contribution < 1.29 is 38.6 Å².